The highest BCUT2D eigenvalue weighted by Gasteiger charge is 2.17. The quantitative estimate of drug-likeness (QED) is 0.764. The van der Waals surface area contributed by atoms with Gasteiger partial charge in [0, 0.05) is 18.1 Å². The number of aromatic nitrogens is 1. The first-order valence-corrected chi connectivity index (χ1v) is 8.06. The molecule has 1 heterocycles. The first-order valence-electron chi connectivity index (χ1n) is 7.68. The Hall–Kier alpha value is -2.34. The highest BCUT2D eigenvalue weighted by atomic mass is 35.5. The maximum atomic E-state index is 11.9. The van der Waals surface area contributed by atoms with Crippen molar-refractivity contribution in [2.75, 3.05) is 13.2 Å². The molecule has 0 bridgehead atoms. The van der Waals surface area contributed by atoms with Crippen LogP contribution in [0, 0.1) is 5.92 Å². The molecule has 1 unspecified atom stereocenters. The zero-order valence-corrected chi connectivity index (χ0v) is 14.0. The third-order valence-electron chi connectivity index (χ3n) is 3.57. The van der Waals surface area contributed by atoms with Crippen LogP contribution in [0.25, 0.3) is 10.9 Å². The Morgan fingerprint density at radius 3 is 2.88 bits per heavy atom. The summed E-state index contributed by atoms with van der Waals surface area (Å²) < 4.78 is 5.51. The predicted molar refractivity (Wildman–Crippen MR) is 91.3 cm³/mol. The van der Waals surface area contributed by atoms with E-state index in [4.69, 9.17) is 21.4 Å². The van der Waals surface area contributed by atoms with Gasteiger partial charge in [0.05, 0.1) is 10.9 Å². The summed E-state index contributed by atoms with van der Waals surface area (Å²) in [6, 6.07) is 6.92. The zero-order chi connectivity index (χ0) is 17.5. The smallest absolute Gasteiger partial charge is 0.308 e. The van der Waals surface area contributed by atoms with E-state index in [0.717, 1.165) is 11.8 Å². The van der Waals surface area contributed by atoms with E-state index in [-0.39, 0.29) is 19.1 Å². The maximum absolute atomic E-state index is 11.9. The van der Waals surface area contributed by atoms with E-state index in [0.29, 0.717) is 22.7 Å². The molecule has 2 aromatic rings. The van der Waals surface area contributed by atoms with E-state index in [2.05, 4.69) is 10.3 Å². The molecule has 128 valence electrons. The lowest BCUT2D eigenvalue weighted by Crippen LogP contribution is -2.35. The van der Waals surface area contributed by atoms with Crippen molar-refractivity contribution in [3.05, 3.63) is 35.5 Å². The third-order valence-corrected chi connectivity index (χ3v) is 3.90. The SMILES string of the molecule is CCCC(CNC(=O)COc1ccc(Cl)c2cccnc12)C(=O)O. The molecule has 2 rings (SSSR count). The van der Waals surface area contributed by atoms with Gasteiger partial charge < -0.3 is 15.2 Å². The second-order valence-electron chi connectivity index (χ2n) is 5.36. The van der Waals surface area contributed by atoms with Crippen molar-refractivity contribution < 1.29 is 19.4 Å². The summed E-state index contributed by atoms with van der Waals surface area (Å²) >= 11 is 6.11. The fourth-order valence-corrected chi connectivity index (χ4v) is 2.54. The van der Waals surface area contributed by atoms with E-state index in [9.17, 15) is 9.59 Å². The first-order chi connectivity index (χ1) is 11.5. The number of hydrogen-bond donors (Lipinski definition) is 2. The summed E-state index contributed by atoms with van der Waals surface area (Å²) in [5.41, 5.74) is 0.576. The van der Waals surface area contributed by atoms with Gasteiger partial charge in [-0.25, -0.2) is 0 Å². The van der Waals surface area contributed by atoms with Crippen molar-refractivity contribution in [1.82, 2.24) is 10.3 Å². The summed E-state index contributed by atoms with van der Waals surface area (Å²) in [5.74, 6) is -1.42. The Morgan fingerprint density at radius 2 is 2.17 bits per heavy atom. The number of benzene rings is 1. The van der Waals surface area contributed by atoms with Crippen LogP contribution in [-0.4, -0.2) is 35.1 Å². The van der Waals surface area contributed by atoms with Crippen LogP contribution in [0.5, 0.6) is 5.75 Å². The molecule has 6 nitrogen and oxygen atoms in total. The van der Waals surface area contributed by atoms with Gasteiger partial charge in [-0.3, -0.25) is 14.6 Å². The number of carbonyl (C=O) groups is 2. The number of pyridine rings is 1. The van der Waals surface area contributed by atoms with Gasteiger partial charge in [-0.1, -0.05) is 24.9 Å². The number of amides is 1. The van der Waals surface area contributed by atoms with Crippen molar-refractivity contribution in [1.29, 1.82) is 0 Å². The van der Waals surface area contributed by atoms with Gasteiger partial charge in [-0.15, -0.1) is 0 Å². The van der Waals surface area contributed by atoms with Crippen LogP contribution in [0.3, 0.4) is 0 Å². The van der Waals surface area contributed by atoms with Crippen LogP contribution >= 0.6 is 11.6 Å². The fraction of sp³-hybridized carbons (Fsp3) is 0.353. The fourth-order valence-electron chi connectivity index (χ4n) is 2.32. The Kier molecular flexibility index (Phi) is 6.37. The number of nitrogens with one attached hydrogen (secondary N) is 1. The molecule has 0 saturated heterocycles. The second-order valence-corrected chi connectivity index (χ2v) is 5.77. The number of fused-ring (bicyclic) bond motifs is 1. The molecule has 0 radical (unpaired) electrons. The summed E-state index contributed by atoms with van der Waals surface area (Å²) in [5, 5.41) is 12.9. The average molecular weight is 351 g/mol. The summed E-state index contributed by atoms with van der Waals surface area (Å²) in [6.45, 7) is 1.77. The molecule has 24 heavy (non-hydrogen) atoms. The molecule has 0 aliphatic rings. The zero-order valence-electron chi connectivity index (χ0n) is 13.3. The summed E-state index contributed by atoms with van der Waals surface area (Å²) in [4.78, 5) is 27.2. The number of aliphatic carboxylic acids is 1. The van der Waals surface area contributed by atoms with E-state index in [1.165, 1.54) is 0 Å². The molecular weight excluding hydrogens is 332 g/mol. The van der Waals surface area contributed by atoms with Crippen LogP contribution in [0.4, 0.5) is 0 Å². The van der Waals surface area contributed by atoms with Crippen LogP contribution < -0.4 is 10.1 Å². The molecule has 7 heteroatoms. The Balaban J connectivity index is 1.95. The molecule has 1 atom stereocenters. The normalized spacial score (nSPS) is 11.9. The van der Waals surface area contributed by atoms with E-state index < -0.39 is 11.9 Å². The molecule has 0 fully saturated rings. The largest absolute Gasteiger partial charge is 0.481 e. The minimum absolute atomic E-state index is 0.0883. The van der Waals surface area contributed by atoms with Gasteiger partial charge in [0.2, 0.25) is 0 Å². The van der Waals surface area contributed by atoms with Crippen molar-refractivity contribution in [3.63, 3.8) is 0 Å². The number of halogens is 1. The third kappa shape index (κ3) is 4.58. The molecule has 0 spiro atoms. The van der Waals surface area contributed by atoms with Crippen molar-refractivity contribution >= 4 is 34.4 Å². The van der Waals surface area contributed by atoms with Gasteiger partial charge in [-0.2, -0.15) is 0 Å². The topological polar surface area (TPSA) is 88.5 Å². The summed E-state index contributed by atoms with van der Waals surface area (Å²) in [6.07, 6.45) is 2.88. The number of carboxylic acid groups (broad SMARTS) is 1. The molecule has 1 aromatic carbocycles. The molecular formula is C17H19ClN2O4. The molecule has 0 aliphatic heterocycles. The minimum atomic E-state index is -0.911. The molecule has 0 aliphatic carbocycles. The lowest BCUT2D eigenvalue weighted by molar-refractivity contribution is -0.142. The number of carbonyl (C=O) groups excluding carboxylic acids is 1. The van der Waals surface area contributed by atoms with Gasteiger partial charge >= 0.3 is 5.97 Å². The van der Waals surface area contributed by atoms with E-state index >= 15 is 0 Å². The van der Waals surface area contributed by atoms with E-state index in [1.54, 1.807) is 24.4 Å². The monoisotopic (exact) mass is 350 g/mol. The number of hydrogen-bond acceptors (Lipinski definition) is 4. The molecule has 0 saturated carbocycles. The summed E-state index contributed by atoms with van der Waals surface area (Å²) in [7, 11) is 0. The van der Waals surface area contributed by atoms with Gasteiger partial charge in [0.25, 0.3) is 5.91 Å². The van der Waals surface area contributed by atoms with Crippen molar-refractivity contribution in [3.8, 4) is 5.75 Å². The van der Waals surface area contributed by atoms with E-state index in [1.807, 2.05) is 13.0 Å². The molecule has 1 amide bonds. The Morgan fingerprint density at radius 1 is 1.38 bits per heavy atom. The number of rotatable bonds is 8. The predicted octanol–water partition coefficient (Wildman–Crippen LogP) is 2.88. The minimum Gasteiger partial charge on any atom is -0.481 e. The second kappa shape index (κ2) is 8.49. The van der Waals surface area contributed by atoms with Crippen LogP contribution in [0.2, 0.25) is 5.02 Å². The van der Waals surface area contributed by atoms with Gasteiger partial charge in [0.15, 0.2) is 6.61 Å². The number of nitrogens with zero attached hydrogens (tertiary/aromatic N) is 1. The van der Waals surface area contributed by atoms with Gasteiger partial charge in [0.1, 0.15) is 11.3 Å². The number of ether oxygens (including phenoxy) is 1. The van der Waals surface area contributed by atoms with Crippen molar-refractivity contribution in [2.24, 2.45) is 5.92 Å². The Bertz CT molecular complexity index is 736. The molecule has 1 aromatic heterocycles. The number of carboxylic acids is 1. The van der Waals surface area contributed by atoms with Crippen molar-refractivity contribution in [2.45, 2.75) is 19.8 Å². The standard InChI is InChI=1S/C17H19ClN2O4/c1-2-4-11(17(22)23)9-20-15(21)10-24-14-7-6-13(18)12-5-3-8-19-16(12)14/h3,5-8,11H,2,4,9-10H2,1H3,(H,20,21)(H,22,23). The lowest BCUT2D eigenvalue weighted by Gasteiger charge is -2.13. The maximum Gasteiger partial charge on any atom is 0.308 e. The average Bonchev–Trinajstić information content (AvgIpc) is 2.58. The van der Waals surface area contributed by atoms with Crippen LogP contribution in [0.1, 0.15) is 19.8 Å². The highest BCUT2D eigenvalue weighted by Crippen LogP contribution is 2.29. The molecule has 2 N–H and O–H groups in total. The Labute approximate surface area is 144 Å². The van der Waals surface area contributed by atoms with Crippen LogP contribution in [-0.2, 0) is 9.59 Å². The lowest BCUT2D eigenvalue weighted by atomic mass is 10.0. The van der Waals surface area contributed by atoms with Crippen LogP contribution in [0.15, 0.2) is 30.5 Å². The highest BCUT2D eigenvalue weighted by molar-refractivity contribution is 6.35. The first kappa shape index (κ1) is 18.0. The van der Waals surface area contributed by atoms with Gasteiger partial charge in [-0.05, 0) is 30.7 Å².